The molecule has 8 heteroatoms. The maximum atomic E-state index is 11.4. The second-order valence-electron chi connectivity index (χ2n) is 2.79. The highest BCUT2D eigenvalue weighted by Gasteiger charge is 2.11. The third-order valence-corrected chi connectivity index (χ3v) is 1.64. The molecule has 0 aliphatic carbocycles. The molecule has 2 heterocycles. The fourth-order valence-corrected chi connectivity index (χ4v) is 1.05. The SMILES string of the molecule is O=C(Nc1cc(=O)[nH]c(=O)[nH]1)c1ncco1. The monoisotopic (exact) mass is 222 g/mol. The summed E-state index contributed by atoms with van der Waals surface area (Å²) in [7, 11) is 0. The first-order valence-electron chi connectivity index (χ1n) is 4.19. The maximum Gasteiger partial charge on any atom is 0.327 e. The molecule has 0 aliphatic heterocycles. The highest BCUT2D eigenvalue weighted by molar-refractivity contribution is 6.00. The van der Waals surface area contributed by atoms with E-state index < -0.39 is 17.2 Å². The maximum absolute atomic E-state index is 11.4. The van der Waals surface area contributed by atoms with Gasteiger partial charge in [-0.1, -0.05) is 0 Å². The fourth-order valence-electron chi connectivity index (χ4n) is 1.05. The first kappa shape index (κ1) is 9.90. The predicted molar refractivity (Wildman–Crippen MR) is 52.1 cm³/mol. The van der Waals surface area contributed by atoms with Gasteiger partial charge in [0.05, 0.1) is 6.20 Å². The van der Waals surface area contributed by atoms with Crippen molar-refractivity contribution < 1.29 is 9.21 Å². The van der Waals surface area contributed by atoms with Crippen molar-refractivity contribution in [2.45, 2.75) is 0 Å². The zero-order valence-corrected chi connectivity index (χ0v) is 7.81. The zero-order valence-electron chi connectivity index (χ0n) is 7.81. The Hall–Kier alpha value is -2.64. The first-order valence-corrected chi connectivity index (χ1v) is 4.19. The largest absolute Gasteiger partial charge is 0.441 e. The van der Waals surface area contributed by atoms with Crippen molar-refractivity contribution in [2.75, 3.05) is 5.32 Å². The number of carbonyl (C=O) groups excluding carboxylic acids is 1. The summed E-state index contributed by atoms with van der Waals surface area (Å²) in [6, 6.07) is 1.03. The van der Waals surface area contributed by atoms with E-state index in [1.165, 1.54) is 12.5 Å². The van der Waals surface area contributed by atoms with Crippen LogP contribution in [0.15, 0.2) is 32.5 Å². The van der Waals surface area contributed by atoms with Crippen LogP contribution in [0.5, 0.6) is 0 Å². The number of nitrogens with zero attached hydrogens (tertiary/aromatic N) is 1. The summed E-state index contributed by atoms with van der Waals surface area (Å²) in [5.74, 6) is -0.857. The molecule has 0 aliphatic rings. The molecule has 2 aromatic rings. The minimum absolute atomic E-state index is 0.0306. The molecule has 2 rings (SSSR count). The number of nitrogens with one attached hydrogen (secondary N) is 3. The molecule has 2 aromatic heterocycles. The number of amides is 1. The van der Waals surface area contributed by atoms with Gasteiger partial charge in [0.1, 0.15) is 12.1 Å². The van der Waals surface area contributed by atoms with Crippen molar-refractivity contribution in [3.63, 3.8) is 0 Å². The van der Waals surface area contributed by atoms with E-state index in [1.54, 1.807) is 0 Å². The molecule has 8 nitrogen and oxygen atoms in total. The van der Waals surface area contributed by atoms with Gasteiger partial charge in [0.25, 0.3) is 11.4 Å². The molecule has 16 heavy (non-hydrogen) atoms. The molecule has 0 atom stereocenters. The van der Waals surface area contributed by atoms with Gasteiger partial charge in [-0.25, -0.2) is 9.78 Å². The van der Waals surface area contributed by atoms with E-state index in [1.807, 2.05) is 4.98 Å². The van der Waals surface area contributed by atoms with Crippen LogP contribution in [0.2, 0.25) is 0 Å². The lowest BCUT2D eigenvalue weighted by Crippen LogP contribution is -2.24. The lowest BCUT2D eigenvalue weighted by molar-refractivity contribution is 0.0990. The number of oxazole rings is 1. The lowest BCUT2D eigenvalue weighted by Gasteiger charge is -1.99. The molecule has 0 aromatic carbocycles. The van der Waals surface area contributed by atoms with Crippen LogP contribution in [-0.4, -0.2) is 20.9 Å². The molecular weight excluding hydrogens is 216 g/mol. The Bertz CT molecular complexity index is 581. The third kappa shape index (κ3) is 2.05. The van der Waals surface area contributed by atoms with Crippen molar-refractivity contribution in [1.82, 2.24) is 15.0 Å². The average Bonchev–Trinajstić information content (AvgIpc) is 2.68. The van der Waals surface area contributed by atoms with Crippen LogP contribution in [0, 0.1) is 0 Å². The molecule has 3 N–H and O–H groups in total. The molecule has 0 saturated carbocycles. The van der Waals surface area contributed by atoms with E-state index in [0.29, 0.717) is 0 Å². The van der Waals surface area contributed by atoms with Crippen molar-refractivity contribution in [3.8, 4) is 0 Å². The Morgan fingerprint density at radius 3 is 2.81 bits per heavy atom. The summed E-state index contributed by atoms with van der Waals surface area (Å²) in [5, 5.41) is 2.26. The Morgan fingerprint density at radius 1 is 1.38 bits per heavy atom. The molecule has 0 bridgehead atoms. The number of aromatic amines is 2. The second-order valence-corrected chi connectivity index (χ2v) is 2.79. The van der Waals surface area contributed by atoms with Crippen molar-refractivity contribution >= 4 is 11.7 Å². The minimum Gasteiger partial charge on any atom is -0.441 e. The van der Waals surface area contributed by atoms with E-state index in [2.05, 4.69) is 15.3 Å². The summed E-state index contributed by atoms with van der Waals surface area (Å²) < 4.78 is 4.73. The summed E-state index contributed by atoms with van der Waals surface area (Å²) >= 11 is 0. The van der Waals surface area contributed by atoms with Gasteiger partial charge in [-0.2, -0.15) is 0 Å². The Morgan fingerprint density at radius 2 is 2.19 bits per heavy atom. The van der Waals surface area contributed by atoms with Crippen molar-refractivity contribution in [2.24, 2.45) is 0 Å². The molecule has 0 spiro atoms. The fraction of sp³-hybridized carbons (Fsp3) is 0. The number of carbonyl (C=O) groups is 1. The normalized spacial score (nSPS) is 10.0. The van der Waals surface area contributed by atoms with Gasteiger partial charge in [-0.05, 0) is 0 Å². The first-order chi connectivity index (χ1) is 7.65. The van der Waals surface area contributed by atoms with Gasteiger partial charge >= 0.3 is 11.6 Å². The standard InChI is InChI=1S/C8H6N4O4/c13-5-3-4(11-8(15)12-5)10-6(14)7-9-1-2-16-7/h1-3H,(H3,10,11,12,13,14,15). The van der Waals surface area contributed by atoms with Gasteiger partial charge in [0.15, 0.2) is 0 Å². The molecule has 0 unspecified atom stereocenters. The molecular formula is C8H6N4O4. The minimum atomic E-state index is -0.713. The molecule has 1 amide bonds. The summed E-state index contributed by atoms with van der Waals surface area (Å²) in [6.45, 7) is 0. The van der Waals surface area contributed by atoms with E-state index in [0.717, 1.165) is 6.07 Å². The predicted octanol–water partition coefficient (Wildman–Crippen LogP) is -0.697. The highest BCUT2D eigenvalue weighted by atomic mass is 16.3. The molecule has 82 valence electrons. The smallest absolute Gasteiger partial charge is 0.327 e. The quantitative estimate of drug-likeness (QED) is 0.620. The van der Waals surface area contributed by atoms with E-state index in [4.69, 9.17) is 4.42 Å². The van der Waals surface area contributed by atoms with Gasteiger partial charge in [0, 0.05) is 6.07 Å². The van der Waals surface area contributed by atoms with Crippen LogP contribution in [0.3, 0.4) is 0 Å². The van der Waals surface area contributed by atoms with Crippen molar-refractivity contribution in [1.29, 1.82) is 0 Å². The van der Waals surface area contributed by atoms with Crippen LogP contribution >= 0.6 is 0 Å². The van der Waals surface area contributed by atoms with Crippen molar-refractivity contribution in [3.05, 3.63) is 45.3 Å². The van der Waals surface area contributed by atoms with Crippen LogP contribution in [-0.2, 0) is 0 Å². The number of H-pyrrole nitrogens is 2. The average molecular weight is 222 g/mol. The van der Waals surface area contributed by atoms with E-state index in [-0.39, 0.29) is 11.7 Å². The topological polar surface area (TPSA) is 121 Å². The zero-order chi connectivity index (χ0) is 11.5. The summed E-state index contributed by atoms with van der Waals surface area (Å²) in [4.78, 5) is 41.0. The van der Waals surface area contributed by atoms with E-state index in [9.17, 15) is 14.4 Å². The third-order valence-electron chi connectivity index (χ3n) is 1.64. The van der Waals surface area contributed by atoms with Gasteiger partial charge < -0.3 is 9.73 Å². The Balaban J connectivity index is 2.25. The number of aromatic nitrogens is 3. The van der Waals surface area contributed by atoms with Gasteiger partial charge in [-0.15, -0.1) is 0 Å². The van der Waals surface area contributed by atoms with Gasteiger partial charge in [0.2, 0.25) is 0 Å². The van der Waals surface area contributed by atoms with Crippen LogP contribution in [0.4, 0.5) is 5.82 Å². The second kappa shape index (κ2) is 3.85. The summed E-state index contributed by atoms with van der Waals surface area (Å²) in [5.41, 5.74) is -1.33. The number of hydrogen-bond donors (Lipinski definition) is 3. The Kier molecular flexibility index (Phi) is 2.38. The van der Waals surface area contributed by atoms with Crippen LogP contribution < -0.4 is 16.6 Å². The molecule has 0 fully saturated rings. The summed E-state index contributed by atoms with van der Waals surface area (Å²) in [6.07, 6.45) is 2.53. The number of hydrogen-bond acceptors (Lipinski definition) is 5. The number of rotatable bonds is 2. The van der Waals surface area contributed by atoms with Crippen LogP contribution in [0.25, 0.3) is 0 Å². The number of anilines is 1. The highest BCUT2D eigenvalue weighted by Crippen LogP contribution is 2.00. The van der Waals surface area contributed by atoms with E-state index >= 15 is 0 Å². The molecule has 0 saturated heterocycles. The van der Waals surface area contributed by atoms with Crippen LogP contribution in [0.1, 0.15) is 10.7 Å². The molecule has 0 radical (unpaired) electrons. The lowest BCUT2D eigenvalue weighted by atomic mass is 10.5. The Labute approximate surface area is 87.3 Å². The van der Waals surface area contributed by atoms with Gasteiger partial charge in [-0.3, -0.25) is 19.6 Å².